The summed E-state index contributed by atoms with van der Waals surface area (Å²) in [6.45, 7) is 1.99. The van der Waals surface area contributed by atoms with E-state index < -0.39 is 0 Å². The van der Waals surface area contributed by atoms with Crippen molar-refractivity contribution in [3.8, 4) is 0 Å². The lowest BCUT2D eigenvalue weighted by Gasteiger charge is -2.05. The lowest BCUT2D eigenvalue weighted by Crippen LogP contribution is -1.93. The molecular weight excluding hydrogens is 294 g/mol. The molecule has 0 unspecified atom stereocenters. The Labute approximate surface area is 131 Å². The summed E-state index contributed by atoms with van der Waals surface area (Å²) in [6, 6.07) is 9.82. The Bertz CT molecular complexity index is 930. The molecule has 0 amide bonds. The first-order valence-corrected chi connectivity index (χ1v) is 7.93. The van der Waals surface area contributed by atoms with E-state index in [9.17, 15) is 0 Å². The van der Waals surface area contributed by atoms with Gasteiger partial charge in [0.25, 0.3) is 0 Å². The van der Waals surface area contributed by atoms with Gasteiger partial charge in [-0.3, -0.25) is 4.40 Å². The van der Waals surface area contributed by atoms with Crippen molar-refractivity contribution in [3.05, 3.63) is 60.3 Å². The van der Waals surface area contributed by atoms with Crippen LogP contribution in [0.3, 0.4) is 0 Å². The van der Waals surface area contributed by atoms with Crippen molar-refractivity contribution >= 4 is 28.6 Å². The third-order valence-corrected chi connectivity index (χ3v) is 4.44. The van der Waals surface area contributed by atoms with Crippen molar-refractivity contribution in [1.82, 2.24) is 24.3 Å². The summed E-state index contributed by atoms with van der Waals surface area (Å²) >= 11 is 1.65. The molecule has 22 heavy (non-hydrogen) atoms. The van der Waals surface area contributed by atoms with Crippen LogP contribution in [0.5, 0.6) is 0 Å². The first kappa shape index (κ1) is 13.2. The highest BCUT2D eigenvalue weighted by Crippen LogP contribution is 2.25. The highest BCUT2D eigenvalue weighted by atomic mass is 32.2. The molecule has 0 bridgehead atoms. The van der Waals surface area contributed by atoms with Crippen LogP contribution in [0.2, 0.25) is 0 Å². The monoisotopic (exact) mass is 307 g/mol. The van der Waals surface area contributed by atoms with Gasteiger partial charge in [-0.2, -0.15) is 0 Å². The van der Waals surface area contributed by atoms with Gasteiger partial charge in [-0.15, -0.1) is 0 Å². The summed E-state index contributed by atoms with van der Waals surface area (Å²) < 4.78 is 1.93. The zero-order valence-electron chi connectivity index (χ0n) is 12.0. The van der Waals surface area contributed by atoms with Gasteiger partial charge in [-0.1, -0.05) is 23.9 Å². The molecule has 108 valence electrons. The van der Waals surface area contributed by atoms with E-state index in [4.69, 9.17) is 4.98 Å². The minimum atomic E-state index is 0.722. The highest BCUT2D eigenvalue weighted by molar-refractivity contribution is 7.98. The first-order valence-electron chi connectivity index (χ1n) is 6.94. The van der Waals surface area contributed by atoms with E-state index in [1.54, 1.807) is 18.0 Å². The summed E-state index contributed by atoms with van der Waals surface area (Å²) in [5.74, 6) is 1.47. The second-order valence-corrected chi connectivity index (χ2v) is 5.91. The molecule has 3 aromatic heterocycles. The number of hydrogen-bond donors (Lipinski definition) is 0. The fraction of sp³-hybridized carbons (Fsp3) is 0.125. The molecule has 0 atom stereocenters. The third-order valence-electron chi connectivity index (χ3n) is 3.34. The van der Waals surface area contributed by atoms with Crippen LogP contribution in [0.15, 0.2) is 53.9 Å². The van der Waals surface area contributed by atoms with E-state index in [-0.39, 0.29) is 0 Å². The van der Waals surface area contributed by atoms with E-state index in [2.05, 4.69) is 15.0 Å². The third kappa shape index (κ3) is 2.42. The van der Waals surface area contributed by atoms with Crippen LogP contribution in [0.25, 0.3) is 16.8 Å². The fourth-order valence-corrected chi connectivity index (χ4v) is 3.14. The van der Waals surface area contributed by atoms with Crippen LogP contribution in [-0.4, -0.2) is 24.3 Å². The maximum absolute atomic E-state index is 4.69. The SMILES string of the molecule is Cc1nc2ccccc2nc1SCc1cn2cccnc2n1. The highest BCUT2D eigenvalue weighted by Gasteiger charge is 2.08. The van der Waals surface area contributed by atoms with Crippen LogP contribution in [0, 0.1) is 6.92 Å². The van der Waals surface area contributed by atoms with Gasteiger partial charge >= 0.3 is 0 Å². The smallest absolute Gasteiger partial charge is 0.233 e. The maximum atomic E-state index is 4.69. The molecule has 0 fully saturated rings. The molecule has 0 radical (unpaired) electrons. The van der Waals surface area contributed by atoms with Crippen molar-refractivity contribution in [2.75, 3.05) is 0 Å². The quantitative estimate of drug-likeness (QED) is 0.544. The maximum Gasteiger partial charge on any atom is 0.233 e. The number of hydrogen-bond acceptors (Lipinski definition) is 5. The van der Waals surface area contributed by atoms with Crippen molar-refractivity contribution in [2.24, 2.45) is 0 Å². The molecule has 3 heterocycles. The molecule has 0 N–H and O–H groups in total. The summed E-state index contributed by atoms with van der Waals surface area (Å²) in [7, 11) is 0. The molecule has 0 aliphatic carbocycles. The van der Waals surface area contributed by atoms with Crippen LogP contribution in [0.4, 0.5) is 0 Å². The number of imidazole rings is 1. The molecule has 4 rings (SSSR count). The van der Waals surface area contributed by atoms with E-state index in [0.29, 0.717) is 0 Å². The lowest BCUT2D eigenvalue weighted by atomic mass is 10.3. The topological polar surface area (TPSA) is 56.0 Å². The Morgan fingerprint density at radius 2 is 1.86 bits per heavy atom. The standard InChI is InChI=1S/C16H13N5S/c1-11-15(20-14-6-3-2-5-13(14)18-11)22-10-12-9-21-8-4-7-17-16(21)19-12/h2-9H,10H2,1H3. The van der Waals surface area contributed by atoms with Gasteiger partial charge in [-0.25, -0.2) is 19.9 Å². The van der Waals surface area contributed by atoms with Crippen LogP contribution in [0.1, 0.15) is 11.4 Å². The second-order valence-electron chi connectivity index (χ2n) is 4.95. The molecule has 4 aromatic rings. The van der Waals surface area contributed by atoms with Gasteiger partial charge in [0.05, 0.1) is 22.4 Å². The van der Waals surface area contributed by atoms with E-state index in [0.717, 1.165) is 39.0 Å². The molecular formula is C16H13N5S. The van der Waals surface area contributed by atoms with Gasteiger partial charge < -0.3 is 0 Å². The summed E-state index contributed by atoms with van der Waals surface area (Å²) in [6.07, 6.45) is 5.70. The summed E-state index contributed by atoms with van der Waals surface area (Å²) in [5, 5.41) is 0.948. The van der Waals surface area contributed by atoms with Gasteiger partial charge in [0, 0.05) is 24.3 Å². The number of aromatic nitrogens is 5. The number of benzene rings is 1. The average Bonchev–Trinajstić information content (AvgIpc) is 2.95. The average molecular weight is 307 g/mol. The normalized spacial score (nSPS) is 11.3. The number of rotatable bonds is 3. The predicted molar refractivity (Wildman–Crippen MR) is 86.8 cm³/mol. The fourth-order valence-electron chi connectivity index (χ4n) is 2.30. The van der Waals surface area contributed by atoms with Crippen molar-refractivity contribution in [1.29, 1.82) is 0 Å². The number of para-hydroxylation sites is 2. The van der Waals surface area contributed by atoms with Gasteiger partial charge in [-0.05, 0) is 25.1 Å². The molecule has 0 saturated carbocycles. The molecule has 0 spiro atoms. The molecule has 1 aromatic carbocycles. The van der Waals surface area contributed by atoms with Crippen LogP contribution >= 0.6 is 11.8 Å². The summed E-state index contributed by atoms with van der Waals surface area (Å²) in [5.41, 5.74) is 3.79. The van der Waals surface area contributed by atoms with Gasteiger partial charge in [0.15, 0.2) is 0 Å². The number of nitrogens with zero attached hydrogens (tertiary/aromatic N) is 5. The Kier molecular flexibility index (Phi) is 3.23. The van der Waals surface area contributed by atoms with E-state index in [1.165, 1.54) is 0 Å². The van der Waals surface area contributed by atoms with Gasteiger partial charge in [0.1, 0.15) is 5.03 Å². The number of thioether (sulfide) groups is 1. The molecule has 0 saturated heterocycles. The predicted octanol–water partition coefficient (Wildman–Crippen LogP) is 3.27. The molecule has 0 aliphatic rings. The Hall–Kier alpha value is -2.47. The van der Waals surface area contributed by atoms with E-state index in [1.807, 2.05) is 54.0 Å². The Balaban J connectivity index is 1.61. The zero-order chi connectivity index (χ0) is 14.9. The second kappa shape index (κ2) is 5.38. The minimum Gasteiger partial charge on any atom is -0.291 e. The number of aryl methyl sites for hydroxylation is 1. The van der Waals surface area contributed by atoms with E-state index >= 15 is 0 Å². The van der Waals surface area contributed by atoms with Crippen LogP contribution < -0.4 is 0 Å². The minimum absolute atomic E-state index is 0.722. The zero-order valence-corrected chi connectivity index (χ0v) is 12.8. The summed E-state index contributed by atoms with van der Waals surface area (Å²) in [4.78, 5) is 18.0. The van der Waals surface area contributed by atoms with Crippen molar-refractivity contribution in [3.63, 3.8) is 0 Å². The lowest BCUT2D eigenvalue weighted by molar-refractivity contribution is 1.04. The Morgan fingerprint density at radius 1 is 1.05 bits per heavy atom. The largest absolute Gasteiger partial charge is 0.291 e. The van der Waals surface area contributed by atoms with Crippen molar-refractivity contribution in [2.45, 2.75) is 17.7 Å². The molecule has 6 heteroatoms. The van der Waals surface area contributed by atoms with Crippen molar-refractivity contribution < 1.29 is 0 Å². The van der Waals surface area contributed by atoms with Crippen LogP contribution in [-0.2, 0) is 5.75 Å². The molecule has 0 aliphatic heterocycles. The molecule has 5 nitrogen and oxygen atoms in total. The first-order chi connectivity index (χ1) is 10.8. The van der Waals surface area contributed by atoms with Gasteiger partial charge in [0.2, 0.25) is 5.78 Å². The Morgan fingerprint density at radius 3 is 2.68 bits per heavy atom. The number of fused-ring (bicyclic) bond motifs is 2.